The average molecular weight is 201 g/mol. The van der Waals surface area contributed by atoms with Gasteiger partial charge >= 0.3 is 0 Å². The van der Waals surface area contributed by atoms with Gasteiger partial charge in [0.25, 0.3) is 0 Å². The van der Waals surface area contributed by atoms with Crippen molar-refractivity contribution < 1.29 is 10.2 Å². The molecule has 0 aliphatic carbocycles. The molecule has 0 saturated carbocycles. The molecule has 0 amide bonds. The topological polar surface area (TPSA) is 66.5 Å². The van der Waals surface area contributed by atoms with Crippen LogP contribution in [0, 0.1) is 0 Å². The first-order valence-corrected chi connectivity index (χ1v) is 4.55. The largest absolute Gasteiger partial charge is 0.508 e. The number of anilines is 1. The fourth-order valence-corrected chi connectivity index (χ4v) is 1.45. The van der Waals surface area contributed by atoms with E-state index in [2.05, 4.69) is 0 Å². The Hall–Kier alpha value is -2.16. The van der Waals surface area contributed by atoms with E-state index >= 15 is 0 Å². The van der Waals surface area contributed by atoms with E-state index in [4.69, 9.17) is 10.8 Å². The molecule has 15 heavy (non-hydrogen) atoms. The Labute approximate surface area is 87.4 Å². The maximum Gasteiger partial charge on any atom is 0.117 e. The van der Waals surface area contributed by atoms with Gasteiger partial charge in [0.1, 0.15) is 11.5 Å². The van der Waals surface area contributed by atoms with Gasteiger partial charge in [0.2, 0.25) is 0 Å². The van der Waals surface area contributed by atoms with Crippen LogP contribution < -0.4 is 5.73 Å². The lowest BCUT2D eigenvalue weighted by Crippen LogP contribution is -1.89. The van der Waals surface area contributed by atoms with Gasteiger partial charge in [-0.1, -0.05) is 12.1 Å². The number of nitrogen functional groups attached to an aromatic ring is 1. The number of phenols is 2. The molecule has 0 unspecified atom stereocenters. The van der Waals surface area contributed by atoms with Gasteiger partial charge in [0.15, 0.2) is 0 Å². The molecular weight excluding hydrogens is 190 g/mol. The Bertz CT molecular complexity index is 477. The van der Waals surface area contributed by atoms with Crippen molar-refractivity contribution >= 4 is 5.69 Å². The lowest BCUT2D eigenvalue weighted by molar-refractivity contribution is 0.474. The summed E-state index contributed by atoms with van der Waals surface area (Å²) in [6.07, 6.45) is 0. The molecule has 0 aromatic heterocycles. The quantitative estimate of drug-likeness (QED) is 0.620. The molecule has 0 spiro atoms. The first-order valence-electron chi connectivity index (χ1n) is 4.55. The second-order valence-corrected chi connectivity index (χ2v) is 3.32. The third-order valence-electron chi connectivity index (χ3n) is 2.21. The maximum atomic E-state index is 9.21. The minimum absolute atomic E-state index is 0.148. The highest BCUT2D eigenvalue weighted by Crippen LogP contribution is 2.29. The number of phenolic OH excluding ortho intramolecular Hbond substituents is 2. The second-order valence-electron chi connectivity index (χ2n) is 3.32. The Kier molecular flexibility index (Phi) is 2.21. The molecule has 3 heteroatoms. The van der Waals surface area contributed by atoms with Gasteiger partial charge in [-0.2, -0.15) is 0 Å². The summed E-state index contributed by atoms with van der Waals surface area (Å²) in [5, 5.41) is 18.4. The predicted octanol–water partition coefficient (Wildman–Crippen LogP) is 2.35. The van der Waals surface area contributed by atoms with Gasteiger partial charge in [0, 0.05) is 17.3 Å². The third-order valence-corrected chi connectivity index (χ3v) is 2.21. The van der Waals surface area contributed by atoms with Crippen LogP contribution in [0.5, 0.6) is 11.5 Å². The molecular formula is C12H11NO2. The number of rotatable bonds is 1. The zero-order valence-electron chi connectivity index (χ0n) is 8.01. The fraction of sp³-hybridized carbons (Fsp3) is 0. The Morgan fingerprint density at radius 3 is 2.00 bits per heavy atom. The average Bonchev–Trinajstić information content (AvgIpc) is 2.20. The van der Waals surface area contributed by atoms with Gasteiger partial charge < -0.3 is 15.9 Å². The Morgan fingerprint density at radius 2 is 1.40 bits per heavy atom. The predicted molar refractivity (Wildman–Crippen MR) is 59.6 cm³/mol. The van der Waals surface area contributed by atoms with Crippen molar-refractivity contribution in [2.75, 3.05) is 5.73 Å². The first kappa shape index (κ1) is 9.40. The molecule has 0 heterocycles. The highest BCUT2D eigenvalue weighted by atomic mass is 16.3. The van der Waals surface area contributed by atoms with Crippen molar-refractivity contribution in [1.29, 1.82) is 0 Å². The van der Waals surface area contributed by atoms with E-state index in [1.54, 1.807) is 36.4 Å². The van der Waals surface area contributed by atoms with Crippen molar-refractivity contribution in [1.82, 2.24) is 0 Å². The molecule has 0 aliphatic heterocycles. The monoisotopic (exact) mass is 201 g/mol. The van der Waals surface area contributed by atoms with Crippen molar-refractivity contribution in [2.24, 2.45) is 0 Å². The van der Waals surface area contributed by atoms with E-state index in [0.29, 0.717) is 5.69 Å². The highest BCUT2D eigenvalue weighted by molar-refractivity contribution is 5.77. The normalized spacial score (nSPS) is 10.1. The molecule has 76 valence electrons. The second kappa shape index (κ2) is 3.53. The summed E-state index contributed by atoms with van der Waals surface area (Å²) in [6, 6.07) is 11.6. The minimum Gasteiger partial charge on any atom is -0.508 e. The van der Waals surface area contributed by atoms with Crippen molar-refractivity contribution in [3.05, 3.63) is 42.5 Å². The van der Waals surface area contributed by atoms with Gasteiger partial charge in [-0.25, -0.2) is 0 Å². The molecule has 0 saturated heterocycles. The lowest BCUT2D eigenvalue weighted by atomic mass is 10.0. The molecule has 0 fully saturated rings. The van der Waals surface area contributed by atoms with Gasteiger partial charge in [-0.05, 0) is 29.8 Å². The van der Waals surface area contributed by atoms with Crippen LogP contribution in [-0.4, -0.2) is 10.2 Å². The molecule has 0 bridgehead atoms. The van der Waals surface area contributed by atoms with Crippen LogP contribution in [0.1, 0.15) is 0 Å². The smallest absolute Gasteiger partial charge is 0.117 e. The number of aromatic hydroxyl groups is 2. The van der Waals surface area contributed by atoms with Crippen LogP contribution in [0.3, 0.4) is 0 Å². The third kappa shape index (κ3) is 1.86. The van der Waals surface area contributed by atoms with Crippen molar-refractivity contribution in [3.8, 4) is 22.6 Å². The summed E-state index contributed by atoms with van der Waals surface area (Å²) in [4.78, 5) is 0. The van der Waals surface area contributed by atoms with E-state index in [1.165, 1.54) is 6.07 Å². The minimum atomic E-state index is 0.148. The van der Waals surface area contributed by atoms with Crippen LogP contribution in [0.25, 0.3) is 11.1 Å². The summed E-state index contributed by atoms with van der Waals surface area (Å²) < 4.78 is 0. The standard InChI is InChI=1S/C12H11NO2/c13-12-7-10(15)5-6-11(12)8-1-3-9(14)4-2-8/h1-7,14-15H,13H2. The Balaban J connectivity index is 2.49. The van der Waals surface area contributed by atoms with E-state index in [-0.39, 0.29) is 11.5 Å². The van der Waals surface area contributed by atoms with Gasteiger partial charge in [0.05, 0.1) is 0 Å². The summed E-state index contributed by atoms with van der Waals surface area (Å²) in [5.41, 5.74) is 8.03. The molecule has 2 rings (SSSR count). The summed E-state index contributed by atoms with van der Waals surface area (Å²) >= 11 is 0. The first-order chi connectivity index (χ1) is 7.16. The molecule has 3 nitrogen and oxygen atoms in total. The summed E-state index contributed by atoms with van der Waals surface area (Å²) in [7, 11) is 0. The summed E-state index contributed by atoms with van der Waals surface area (Å²) in [5.74, 6) is 0.367. The maximum absolute atomic E-state index is 9.21. The van der Waals surface area contributed by atoms with Crippen molar-refractivity contribution in [2.45, 2.75) is 0 Å². The van der Waals surface area contributed by atoms with Crippen LogP contribution in [0.4, 0.5) is 5.69 Å². The van der Waals surface area contributed by atoms with E-state index in [0.717, 1.165) is 11.1 Å². The van der Waals surface area contributed by atoms with Crippen LogP contribution in [0.2, 0.25) is 0 Å². The number of hydrogen-bond acceptors (Lipinski definition) is 3. The zero-order valence-corrected chi connectivity index (χ0v) is 8.01. The molecule has 0 atom stereocenters. The van der Waals surface area contributed by atoms with Gasteiger partial charge in [-0.15, -0.1) is 0 Å². The highest BCUT2D eigenvalue weighted by Gasteiger charge is 2.02. The number of benzene rings is 2. The van der Waals surface area contributed by atoms with Crippen molar-refractivity contribution in [3.63, 3.8) is 0 Å². The zero-order chi connectivity index (χ0) is 10.8. The van der Waals surface area contributed by atoms with Crippen LogP contribution >= 0.6 is 0 Å². The molecule has 4 N–H and O–H groups in total. The van der Waals surface area contributed by atoms with E-state index < -0.39 is 0 Å². The molecule has 2 aromatic rings. The fourth-order valence-electron chi connectivity index (χ4n) is 1.45. The Morgan fingerprint density at radius 1 is 0.800 bits per heavy atom. The molecule has 2 aromatic carbocycles. The number of nitrogens with two attached hydrogens (primary N) is 1. The lowest BCUT2D eigenvalue weighted by Gasteiger charge is -2.06. The van der Waals surface area contributed by atoms with Crippen LogP contribution in [-0.2, 0) is 0 Å². The SMILES string of the molecule is Nc1cc(O)ccc1-c1ccc(O)cc1. The number of hydrogen-bond donors (Lipinski definition) is 3. The van der Waals surface area contributed by atoms with Crippen LogP contribution in [0.15, 0.2) is 42.5 Å². The van der Waals surface area contributed by atoms with E-state index in [1.807, 2.05) is 0 Å². The molecule has 0 aliphatic rings. The molecule has 0 radical (unpaired) electrons. The van der Waals surface area contributed by atoms with Gasteiger partial charge in [-0.3, -0.25) is 0 Å². The summed E-state index contributed by atoms with van der Waals surface area (Å²) in [6.45, 7) is 0. The van der Waals surface area contributed by atoms with E-state index in [9.17, 15) is 5.11 Å².